The molecule has 20 heavy (non-hydrogen) atoms. The number of hydrazine groups is 1. The minimum absolute atomic E-state index is 0.192. The summed E-state index contributed by atoms with van der Waals surface area (Å²) in [6.07, 6.45) is 3.79. The van der Waals surface area contributed by atoms with Gasteiger partial charge in [-0.1, -0.05) is 11.6 Å². The van der Waals surface area contributed by atoms with Crippen LogP contribution in [0.3, 0.4) is 0 Å². The molecule has 1 atom stereocenters. The topological polar surface area (TPSA) is 69.0 Å². The van der Waals surface area contributed by atoms with Gasteiger partial charge < -0.3 is 4.42 Å². The van der Waals surface area contributed by atoms with E-state index in [4.69, 9.17) is 10.3 Å². The fourth-order valence-electron chi connectivity index (χ4n) is 2.37. The van der Waals surface area contributed by atoms with Gasteiger partial charge in [-0.15, -0.1) is 0 Å². The number of fused-ring (bicyclic) bond motifs is 1. The number of rotatable bonds is 4. The number of furan rings is 1. The Morgan fingerprint density at radius 3 is 2.95 bits per heavy atom. The van der Waals surface area contributed by atoms with Crippen molar-refractivity contribution in [3.63, 3.8) is 0 Å². The molecule has 0 radical (unpaired) electrons. The second-order valence-electron chi connectivity index (χ2n) is 4.92. The average Bonchev–Trinajstić information content (AvgIpc) is 3.06. The number of nitrogens with one attached hydrogen (secondary N) is 1. The maximum absolute atomic E-state index is 5.89. The molecule has 5 nitrogen and oxygen atoms in total. The van der Waals surface area contributed by atoms with Gasteiger partial charge in [-0.3, -0.25) is 10.5 Å². The molecule has 0 saturated heterocycles. The molecule has 104 valence electrons. The molecule has 3 rings (SSSR count). The van der Waals surface area contributed by atoms with E-state index < -0.39 is 0 Å². The van der Waals surface area contributed by atoms with Crippen molar-refractivity contribution in [1.29, 1.82) is 0 Å². The Morgan fingerprint density at radius 1 is 1.40 bits per heavy atom. The molecule has 1 aromatic carbocycles. The predicted molar refractivity (Wildman–Crippen MR) is 78.0 cm³/mol. The fourth-order valence-corrected chi connectivity index (χ4v) is 2.37. The normalized spacial score (nSPS) is 12.9. The maximum atomic E-state index is 5.89. The van der Waals surface area contributed by atoms with Gasteiger partial charge in [0, 0.05) is 23.7 Å². The van der Waals surface area contributed by atoms with Crippen LogP contribution < -0.4 is 11.3 Å². The molecular formula is C15H18N4O. The Hall–Kier alpha value is -2.11. The lowest BCUT2D eigenvalue weighted by molar-refractivity contribution is 0.477. The number of nitrogens with two attached hydrogens (primary N) is 1. The van der Waals surface area contributed by atoms with Crippen LogP contribution in [0.2, 0.25) is 0 Å². The summed E-state index contributed by atoms with van der Waals surface area (Å²) >= 11 is 0. The lowest BCUT2D eigenvalue weighted by Gasteiger charge is -2.10. The van der Waals surface area contributed by atoms with Crippen molar-refractivity contribution in [2.24, 2.45) is 5.84 Å². The quantitative estimate of drug-likeness (QED) is 0.564. The van der Waals surface area contributed by atoms with E-state index in [1.807, 2.05) is 42.2 Å². The lowest BCUT2D eigenvalue weighted by Crippen LogP contribution is -2.28. The van der Waals surface area contributed by atoms with Crippen molar-refractivity contribution < 1.29 is 4.42 Å². The van der Waals surface area contributed by atoms with E-state index in [1.165, 1.54) is 5.56 Å². The Balaban J connectivity index is 2.02. The van der Waals surface area contributed by atoms with E-state index >= 15 is 0 Å². The van der Waals surface area contributed by atoms with Gasteiger partial charge in [0.25, 0.3) is 0 Å². The Bertz CT molecular complexity index is 728. The first-order chi connectivity index (χ1) is 9.71. The van der Waals surface area contributed by atoms with Crippen molar-refractivity contribution in [3.8, 4) is 0 Å². The van der Waals surface area contributed by atoms with E-state index in [1.54, 1.807) is 0 Å². The van der Waals surface area contributed by atoms with Gasteiger partial charge in [-0.25, -0.2) is 5.43 Å². The second kappa shape index (κ2) is 5.11. The highest BCUT2D eigenvalue weighted by Gasteiger charge is 2.18. The summed E-state index contributed by atoms with van der Waals surface area (Å²) in [5.41, 5.74) is 5.87. The third-order valence-corrected chi connectivity index (χ3v) is 3.45. The van der Waals surface area contributed by atoms with E-state index in [2.05, 4.69) is 23.5 Å². The molecular weight excluding hydrogens is 252 g/mol. The lowest BCUT2D eigenvalue weighted by atomic mass is 10.1. The number of nitrogens with zero attached hydrogens (tertiary/aromatic N) is 2. The summed E-state index contributed by atoms with van der Waals surface area (Å²) in [5, 5.41) is 5.36. The Kier molecular flexibility index (Phi) is 3.30. The second-order valence-corrected chi connectivity index (χ2v) is 4.92. The number of aryl methyl sites for hydroxylation is 2. The molecule has 0 spiro atoms. The summed E-state index contributed by atoms with van der Waals surface area (Å²) in [7, 11) is 0. The highest BCUT2D eigenvalue weighted by atomic mass is 16.3. The SMILES string of the molecule is CCn1cc(C(NN)c2cc3cc(C)ccc3o2)cn1. The summed E-state index contributed by atoms with van der Waals surface area (Å²) < 4.78 is 7.76. The maximum Gasteiger partial charge on any atom is 0.134 e. The molecule has 0 aliphatic heterocycles. The van der Waals surface area contributed by atoms with E-state index in [0.29, 0.717) is 0 Å². The van der Waals surface area contributed by atoms with Crippen LogP contribution in [-0.4, -0.2) is 9.78 Å². The van der Waals surface area contributed by atoms with Gasteiger partial charge in [0.1, 0.15) is 17.4 Å². The molecule has 0 fully saturated rings. The molecule has 0 bridgehead atoms. The van der Waals surface area contributed by atoms with Crippen LogP contribution in [0, 0.1) is 6.92 Å². The molecule has 0 aliphatic rings. The number of aromatic nitrogens is 2. The molecule has 0 amide bonds. The van der Waals surface area contributed by atoms with Crippen molar-refractivity contribution in [3.05, 3.63) is 53.5 Å². The van der Waals surface area contributed by atoms with E-state index in [-0.39, 0.29) is 6.04 Å². The number of benzene rings is 1. The zero-order chi connectivity index (χ0) is 14.1. The molecule has 0 saturated carbocycles. The first-order valence-electron chi connectivity index (χ1n) is 6.70. The van der Waals surface area contributed by atoms with Crippen molar-refractivity contribution in [2.75, 3.05) is 0 Å². The van der Waals surface area contributed by atoms with Gasteiger partial charge in [0.15, 0.2) is 0 Å². The molecule has 5 heteroatoms. The van der Waals surface area contributed by atoms with Crippen LogP contribution in [-0.2, 0) is 6.54 Å². The van der Waals surface area contributed by atoms with Crippen molar-refractivity contribution >= 4 is 11.0 Å². The smallest absolute Gasteiger partial charge is 0.134 e. The highest BCUT2D eigenvalue weighted by Crippen LogP contribution is 2.28. The number of hydrogen-bond donors (Lipinski definition) is 2. The summed E-state index contributed by atoms with van der Waals surface area (Å²) in [5.74, 6) is 6.49. The summed E-state index contributed by atoms with van der Waals surface area (Å²) in [6, 6.07) is 7.96. The van der Waals surface area contributed by atoms with Crippen LogP contribution in [0.5, 0.6) is 0 Å². The van der Waals surface area contributed by atoms with E-state index in [9.17, 15) is 0 Å². The standard InChI is InChI=1S/C15H18N4O/c1-3-19-9-12(8-17-19)15(18-16)14-7-11-6-10(2)4-5-13(11)20-14/h4-9,15,18H,3,16H2,1-2H3. The molecule has 3 aromatic rings. The minimum atomic E-state index is -0.192. The first kappa shape index (κ1) is 12.9. The number of hydrogen-bond acceptors (Lipinski definition) is 4. The van der Waals surface area contributed by atoms with Crippen LogP contribution >= 0.6 is 0 Å². The highest BCUT2D eigenvalue weighted by molar-refractivity contribution is 5.78. The molecule has 1 unspecified atom stereocenters. The molecule has 0 aliphatic carbocycles. The van der Waals surface area contributed by atoms with Gasteiger partial charge in [-0.2, -0.15) is 5.10 Å². The fraction of sp³-hybridized carbons (Fsp3) is 0.267. The third-order valence-electron chi connectivity index (χ3n) is 3.45. The van der Waals surface area contributed by atoms with Crippen LogP contribution in [0.4, 0.5) is 0 Å². The Labute approximate surface area is 117 Å². The van der Waals surface area contributed by atoms with Crippen LogP contribution in [0.25, 0.3) is 11.0 Å². The zero-order valence-electron chi connectivity index (χ0n) is 11.6. The third kappa shape index (κ3) is 2.21. The molecule has 2 aromatic heterocycles. The van der Waals surface area contributed by atoms with Crippen LogP contribution in [0.15, 0.2) is 41.1 Å². The zero-order valence-corrected chi connectivity index (χ0v) is 11.6. The largest absolute Gasteiger partial charge is 0.459 e. The first-order valence-corrected chi connectivity index (χ1v) is 6.70. The Morgan fingerprint density at radius 2 is 2.25 bits per heavy atom. The van der Waals surface area contributed by atoms with E-state index in [0.717, 1.165) is 28.8 Å². The van der Waals surface area contributed by atoms with Crippen LogP contribution in [0.1, 0.15) is 29.9 Å². The summed E-state index contributed by atoms with van der Waals surface area (Å²) in [4.78, 5) is 0. The van der Waals surface area contributed by atoms with Gasteiger partial charge in [0.05, 0.1) is 6.20 Å². The molecule has 3 N–H and O–H groups in total. The predicted octanol–water partition coefficient (Wildman–Crippen LogP) is 2.51. The van der Waals surface area contributed by atoms with Gasteiger partial charge >= 0.3 is 0 Å². The minimum Gasteiger partial charge on any atom is -0.459 e. The van der Waals surface area contributed by atoms with Gasteiger partial charge in [0.2, 0.25) is 0 Å². The monoisotopic (exact) mass is 270 g/mol. The van der Waals surface area contributed by atoms with Crippen molar-refractivity contribution in [1.82, 2.24) is 15.2 Å². The molecule has 2 heterocycles. The van der Waals surface area contributed by atoms with Gasteiger partial charge in [-0.05, 0) is 32.0 Å². The summed E-state index contributed by atoms with van der Waals surface area (Å²) in [6.45, 7) is 4.94. The average molecular weight is 270 g/mol. The van der Waals surface area contributed by atoms with Crippen molar-refractivity contribution in [2.45, 2.75) is 26.4 Å².